The fourth-order valence-electron chi connectivity index (χ4n) is 3.31. The highest BCUT2D eigenvalue weighted by Gasteiger charge is 2.37. The molecule has 28 heavy (non-hydrogen) atoms. The Hall–Kier alpha value is -3.19. The third-order valence-corrected chi connectivity index (χ3v) is 5.01. The molecule has 0 saturated carbocycles. The van der Waals surface area contributed by atoms with E-state index in [1.54, 1.807) is 12.1 Å². The standard InChI is InChI=1S/C20H17ClN4O3/c21-15-8-6-14(7-9-15)17-10-16(13-4-2-1-3-5-13)23-25(17)19(27)12-24-18(26)11-22-20(24)28/h1-9,17H,10-12H2,(H,22,28). The van der Waals surface area contributed by atoms with E-state index in [1.165, 1.54) is 5.01 Å². The molecule has 2 aromatic carbocycles. The number of nitrogens with zero attached hydrogens (tertiary/aromatic N) is 3. The topological polar surface area (TPSA) is 82.1 Å². The third-order valence-electron chi connectivity index (χ3n) is 4.76. The molecule has 2 aliphatic heterocycles. The maximum Gasteiger partial charge on any atom is 0.325 e. The lowest BCUT2D eigenvalue weighted by molar-refractivity contribution is -0.137. The van der Waals surface area contributed by atoms with Crippen LogP contribution >= 0.6 is 11.6 Å². The van der Waals surface area contributed by atoms with Crippen molar-refractivity contribution in [2.24, 2.45) is 5.10 Å². The van der Waals surface area contributed by atoms with Crippen molar-refractivity contribution in [3.8, 4) is 0 Å². The zero-order chi connectivity index (χ0) is 19.7. The van der Waals surface area contributed by atoms with Gasteiger partial charge in [-0.25, -0.2) is 9.80 Å². The van der Waals surface area contributed by atoms with Gasteiger partial charge in [-0.3, -0.25) is 14.5 Å². The van der Waals surface area contributed by atoms with Crippen LogP contribution < -0.4 is 5.32 Å². The van der Waals surface area contributed by atoms with Crippen molar-refractivity contribution in [2.45, 2.75) is 12.5 Å². The van der Waals surface area contributed by atoms with Crippen molar-refractivity contribution in [1.82, 2.24) is 15.2 Å². The highest BCUT2D eigenvalue weighted by Crippen LogP contribution is 2.33. The summed E-state index contributed by atoms with van der Waals surface area (Å²) >= 11 is 5.99. The number of imide groups is 1. The Morgan fingerprint density at radius 1 is 1.11 bits per heavy atom. The molecule has 4 rings (SSSR count). The Labute approximate surface area is 166 Å². The lowest BCUT2D eigenvalue weighted by atomic mass is 9.98. The van der Waals surface area contributed by atoms with E-state index in [9.17, 15) is 14.4 Å². The quantitative estimate of drug-likeness (QED) is 0.806. The van der Waals surface area contributed by atoms with Crippen molar-refractivity contribution < 1.29 is 14.4 Å². The van der Waals surface area contributed by atoms with E-state index < -0.39 is 17.8 Å². The molecule has 4 amide bonds. The Balaban J connectivity index is 1.63. The maximum atomic E-state index is 12.9. The largest absolute Gasteiger partial charge is 0.329 e. The number of hydrogen-bond acceptors (Lipinski definition) is 4. The van der Waals surface area contributed by atoms with Crippen LogP contribution in [0.5, 0.6) is 0 Å². The van der Waals surface area contributed by atoms with Gasteiger partial charge in [-0.1, -0.05) is 54.1 Å². The van der Waals surface area contributed by atoms with E-state index in [0.717, 1.165) is 21.7 Å². The van der Waals surface area contributed by atoms with Gasteiger partial charge in [-0.15, -0.1) is 0 Å². The van der Waals surface area contributed by atoms with Crippen molar-refractivity contribution in [1.29, 1.82) is 0 Å². The highest BCUT2D eigenvalue weighted by molar-refractivity contribution is 6.30. The molecular formula is C20H17ClN4O3. The van der Waals surface area contributed by atoms with Crippen LogP contribution in [0.25, 0.3) is 0 Å². The molecule has 142 valence electrons. The minimum absolute atomic E-state index is 0.0920. The van der Waals surface area contributed by atoms with Gasteiger partial charge >= 0.3 is 6.03 Å². The number of carbonyl (C=O) groups excluding carboxylic acids is 3. The predicted octanol–water partition coefficient (Wildman–Crippen LogP) is 2.57. The normalized spacial score (nSPS) is 19.0. The van der Waals surface area contributed by atoms with Crippen LogP contribution in [-0.4, -0.2) is 46.6 Å². The van der Waals surface area contributed by atoms with Crippen molar-refractivity contribution >= 4 is 35.2 Å². The summed E-state index contributed by atoms with van der Waals surface area (Å²) in [4.78, 5) is 37.5. The number of benzene rings is 2. The molecule has 2 aromatic rings. The van der Waals surface area contributed by atoms with E-state index in [0.29, 0.717) is 11.4 Å². The van der Waals surface area contributed by atoms with Gasteiger partial charge in [0.2, 0.25) is 0 Å². The van der Waals surface area contributed by atoms with Crippen LogP contribution in [0.2, 0.25) is 5.02 Å². The second-order valence-corrected chi connectivity index (χ2v) is 7.00. The van der Waals surface area contributed by atoms with Crippen LogP contribution in [0.1, 0.15) is 23.6 Å². The zero-order valence-corrected chi connectivity index (χ0v) is 15.6. The van der Waals surface area contributed by atoms with Gasteiger partial charge < -0.3 is 5.32 Å². The number of carbonyl (C=O) groups is 3. The molecule has 0 spiro atoms. The van der Waals surface area contributed by atoms with E-state index in [2.05, 4.69) is 10.4 Å². The van der Waals surface area contributed by atoms with Crippen LogP contribution in [-0.2, 0) is 9.59 Å². The van der Waals surface area contributed by atoms with Crippen molar-refractivity contribution in [3.05, 3.63) is 70.7 Å². The summed E-state index contributed by atoms with van der Waals surface area (Å²) in [5.41, 5.74) is 2.57. The van der Waals surface area contributed by atoms with Gasteiger partial charge in [0.15, 0.2) is 0 Å². The summed E-state index contributed by atoms with van der Waals surface area (Å²) < 4.78 is 0. The first kappa shape index (κ1) is 18.2. The van der Waals surface area contributed by atoms with E-state index in [4.69, 9.17) is 11.6 Å². The maximum absolute atomic E-state index is 12.9. The number of rotatable bonds is 4. The predicted molar refractivity (Wildman–Crippen MR) is 104 cm³/mol. The van der Waals surface area contributed by atoms with Gasteiger partial charge in [0.25, 0.3) is 11.8 Å². The van der Waals surface area contributed by atoms with Crippen molar-refractivity contribution in [3.63, 3.8) is 0 Å². The molecule has 1 saturated heterocycles. The molecule has 1 N–H and O–H groups in total. The minimum Gasteiger partial charge on any atom is -0.329 e. The average Bonchev–Trinajstić information content (AvgIpc) is 3.29. The molecule has 0 aromatic heterocycles. The van der Waals surface area contributed by atoms with Gasteiger partial charge in [-0.05, 0) is 23.3 Å². The number of hydrazone groups is 1. The zero-order valence-electron chi connectivity index (χ0n) is 14.8. The molecule has 2 heterocycles. The summed E-state index contributed by atoms with van der Waals surface area (Å²) in [6, 6.07) is 15.9. The molecule has 8 heteroatoms. The molecule has 0 bridgehead atoms. The lowest BCUT2D eigenvalue weighted by Crippen LogP contribution is -2.41. The van der Waals surface area contributed by atoms with Crippen molar-refractivity contribution in [2.75, 3.05) is 13.1 Å². The van der Waals surface area contributed by atoms with E-state index >= 15 is 0 Å². The Kier molecular flexibility index (Phi) is 4.83. The summed E-state index contributed by atoms with van der Waals surface area (Å²) in [5.74, 6) is -0.843. The van der Waals surface area contributed by atoms with Gasteiger partial charge in [0.05, 0.1) is 18.3 Å². The number of urea groups is 1. The Bertz CT molecular complexity index is 943. The number of nitrogens with one attached hydrogen (secondary N) is 1. The third kappa shape index (κ3) is 3.48. The highest BCUT2D eigenvalue weighted by atomic mass is 35.5. The summed E-state index contributed by atoms with van der Waals surface area (Å²) in [6.07, 6.45) is 0.525. The SMILES string of the molecule is O=C1CNC(=O)N1CC(=O)N1N=C(c2ccccc2)CC1c1ccc(Cl)cc1. The van der Waals surface area contributed by atoms with Gasteiger partial charge in [0.1, 0.15) is 6.54 Å². The first-order valence-corrected chi connectivity index (χ1v) is 9.19. The lowest BCUT2D eigenvalue weighted by Gasteiger charge is -2.23. The van der Waals surface area contributed by atoms with Gasteiger partial charge in [0, 0.05) is 11.4 Å². The minimum atomic E-state index is -0.562. The van der Waals surface area contributed by atoms with Crippen LogP contribution in [0.4, 0.5) is 4.79 Å². The average molecular weight is 397 g/mol. The van der Waals surface area contributed by atoms with Crippen LogP contribution in [0.15, 0.2) is 59.7 Å². The number of halogens is 1. The smallest absolute Gasteiger partial charge is 0.325 e. The van der Waals surface area contributed by atoms with Crippen LogP contribution in [0.3, 0.4) is 0 Å². The second-order valence-electron chi connectivity index (χ2n) is 6.56. The molecule has 1 atom stereocenters. The van der Waals surface area contributed by atoms with Crippen LogP contribution in [0, 0.1) is 0 Å². The molecular weight excluding hydrogens is 380 g/mol. The van der Waals surface area contributed by atoms with E-state index in [-0.39, 0.29) is 19.1 Å². The summed E-state index contributed by atoms with van der Waals surface area (Å²) in [6.45, 7) is -0.439. The number of hydrogen-bond donors (Lipinski definition) is 1. The van der Waals surface area contributed by atoms with Gasteiger partial charge in [-0.2, -0.15) is 5.10 Å². The Morgan fingerprint density at radius 3 is 2.46 bits per heavy atom. The monoisotopic (exact) mass is 396 g/mol. The fraction of sp³-hybridized carbons (Fsp3) is 0.200. The Morgan fingerprint density at radius 2 is 1.82 bits per heavy atom. The summed E-state index contributed by atoms with van der Waals surface area (Å²) in [5, 5.41) is 8.91. The molecule has 0 radical (unpaired) electrons. The molecule has 7 nitrogen and oxygen atoms in total. The fourth-order valence-corrected chi connectivity index (χ4v) is 3.44. The van der Waals surface area contributed by atoms with E-state index in [1.807, 2.05) is 42.5 Å². The molecule has 0 aliphatic carbocycles. The second kappa shape index (κ2) is 7.44. The molecule has 1 unspecified atom stereocenters. The molecule has 1 fully saturated rings. The molecule has 2 aliphatic rings. The number of amides is 4. The summed E-state index contributed by atoms with van der Waals surface area (Å²) in [7, 11) is 0. The first-order valence-electron chi connectivity index (χ1n) is 8.81. The first-order chi connectivity index (χ1) is 13.5.